The average Bonchev–Trinajstić information content (AvgIpc) is 2.47. The Morgan fingerprint density at radius 3 is 2.91 bits per heavy atom. The van der Waals surface area contributed by atoms with E-state index in [1.165, 1.54) is 15.8 Å². The summed E-state index contributed by atoms with van der Waals surface area (Å²) in [7, 11) is 0. The molecule has 2 aromatic rings. The third-order valence-electron chi connectivity index (χ3n) is 1.77. The van der Waals surface area contributed by atoms with Crippen LogP contribution in [0.4, 0.5) is 0 Å². The zero-order valence-electron chi connectivity index (χ0n) is 6.29. The van der Waals surface area contributed by atoms with Crippen LogP contribution in [0.1, 0.15) is 0 Å². The maximum Gasteiger partial charge on any atom is 0.0465 e. The number of para-hydroxylation sites is 1. The molecular formula is C9H9NS. The summed E-state index contributed by atoms with van der Waals surface area (Å²) in [4.78, 5) is 4.54. The lowest BCUT2D eigenvalue weighted by atomic mass is 10.2. The number of rotatable bonds is 1. The van der Waals surface area contributed by atoms with Crippen molar-refractivity contribution in [2.75, 3.05) is 6.26 Å². The zero-order valence-corrected chi connectivity index (χ0v) is 7.11. The van der Waals surface area contributed by atoms with Crippen LogP contribution >= 0.6 is 11.8 Å². The standard InChI is InChI=1S/C9H9NS/c1-11-9-6-10-8-5-3-2-4-7(8)9/h2-6,10H,1H3. The number of fused-ring (bicyclic) bond motifs is 1. The Balaban J connectivity index is 2.76. The molecule has 0 aliphatic rings. The Morgan fingerprint density at radius 2 is 2.09 bits per heavy atom. The molecule has 0 atom stereocenters. The summed E-state index contributed by atoms with van der Waals surface area (Å²) in [6, 6.07) is 8.34. The van der Waals surface area contributed by atoms with E-state index in [0.29, 0.717) is 0 Å². The third-order valence-corrected chi connectivity index (χ3v) is 2.55. The van der Waals surface area contributed by atoms with Crippen LogP contribution in [-0.2, 0) is 0 Å². The summed E-state index contributed by atoms with van der Waals surface area (Å²) >= 11 is 1.77. The van der Waals surface area contributed by atoms with Gasteiger partial charge in [-0.1, -0.05) is 18.2 Å². The molecule has 0 radical (unpaired) electrons. The van der Waals surface area contributed by atoms with Gasteiger partial charge < -0.3 is 4.98 Å². The maximum absolute atomic E-state index is 3.22. The molecule has 0 unspecified atom stereocenters. The van der Waals surface area contributed by atoms with Crippen molar-refractivity contribution in [2.24, 2.45) is 0 Å². The second-order valence-electron chi connectivity index (χ2n) is 2.40. The lowest BCUT2D eigenvalue weighted by molar-refractivity contribution is 1.42. The molecule has 0 aliphatic heterocycles. The van der Waals surface area contributed by atoms with Crippen LogP contribution in [0.5, 0.6) is 0 Å². The van der Waals surface area contributed by atoms with E-state index in [1.807, 2.05) is 6.07 Å². The minimum atomic E-state index is 1.22. The average molecular weight is 163 g/mol. The number of hydrogen-bond donors (Lipinski definition) is 1. The highest BCUT2D eigenvalue weighted by molar-refractivity contribution is 7.98. The summed E-state index contributed by atoms with van der Waals surface area (Å²) in [6.45, 7) is 0. The van der Waals surface area contributed by atoms with E-state index in [9.17, 15) is 0 Å². The number of hydrogen-bond acceptors (Lipinski definition) is 1. The number of thioether (sulfide) groups is 1. The fourth-order valence-corrected chi connectivity index (χ4v) is 1.79. The van der Waals surface area contributed by atoms with Crippen LogP contribution in [0, 0.1) is 0 Å². The van der Waals surface area contributed by atoms with Gasteiger partial charge in [-0.2, -0.15) is 0 Å². The van der Waals surface area contributed by atoms with Gasteiger partial charge in [-0.25, -0.2) is 0 Å². The molecule has 2 rings (SSSR count). The van der Waals surface area contributed by atoms with E-state index < -0.39 is 0 Å². The summed E-state index contributed by atoms with van der Waals surface area (Å²) in [5.41, 5.74) is 1.22. The van der Waals surface area contributed by atoms with E-state index in [1.54, 1.807) is 11.8 Å². The molecule has 11 heavy (non-hydrogen) atoms. The first-order valence-corrected chi connectivity index (χ1v) is 4.74. The fourth-order valence-electron chi connectivity index (χ4n) is 1.21. The molecule has 1 heterocycles. The second kappa shape index (κ2) is 2.62. The first-order chi connectivity index (χ1) is 5.42. The van der Waals surface area contributed by atoms with Crippen molar-refractivity contribution >= 4 is 22.7 Å². The summed E-state index contributed by atoms with van der Waals surface area (Å²) in [5.74, 6) is 0. The predicted octanol–water partition coefficient (Wildman–Crippen LogP) is 2.89. The van der Waals surface area contributed by atoms with E-state index in [4.69, 9.17) is 0 Å². The number of aromatic nitrogens is 1. The van der Waals surface area contributed by atoms with E-state index in [0.717, 1.165) is 0 Å². The van der Waals surface area contributed by atoms with Crippen molar-refractivity contribution < 1.29 is 0 Å². The molecule has 0 aliphatic carbocycles. The molecule has 0 saturated heterocycles. The summed E-state index contributed by atoms with van der Waals surface area (Å²) < 4.78 is 0. The van der Waals surface area contributed by atoms with Gasteiger partial charge in [0.05, 0.1) is 0 Å². The van der Waals surface area contributed by atoms with Crippen molar-refractivity contribution in [3.05, 3.63) is 30.5 Å². The first-order valence-electron chi connectivity index (χ1n) is 3.52. The van der Waals surface area contributed by atoms with Gasteiger partial charge in [0.15, 0.2) is 0 Å². The maximum atomic E-state index is 3.22. The highest BCUT2D eigenvalue weighted by Gasteiger charge is 1.98. The Hall–Kier alpha value is -0.890. The molecule has 1 aromatic carbocycles. The molecule has 0 fully saturated rings. The molecule has 1 aromatic heterocycles. The quantitative estimate of drug-likeness (QED) is 0.639. The Morgan fingerprint density at radius 1 is 1.27 bits per heavy atom. The largest absolute Gasteiger partial charge is 0.360 e. The van der Waals surface area contributed by atoms with E-state index in [-0.39, 0.29) is 0 Å². The molecule has 0 saturated carbocycles. The SMILES string of the molecule is CSc1c[nH]c2ccccc12. The van der Waals surface area contributed by atoms with Crippen molar-refractivity contribution in [3.8, 4) is 0 Å². The van der Waals surface area contributed by atoms with Gasteiger partial charge in [0, 0.05) is 22.0 Å². The predicted molar refractivity (Wildman–Crippen MR) is 50.1 cm³/mol. The summed E-state index contributed by atoms with van der Waals surface area (Å²) in [5, 5.41) is 1.32. The van der Waals surface area contributed by atoms with Crippen molar-refractivity contribution in [3.63, 3.8) is 0 Å². The Kier molecular flexibility index (Phi) is 1.62. The van der Waals surface area contributed by atoms with Gasteiger partial charge in [0.1, 0.15) is 0 Å². The molecule has 56 valence electrons. The lowest BCUT2D eigenvalue weighted by Crippen LogP contribution is -1.64. The van der Waals surface area contributed by atoms with Gasteiger partial charge >= 0.3 is 0 Å². The first kappa shape index (κ1) is 6.80. The highest BCUT2D eigenvalue weighted by Crippen LogP contribution is 2.25. The van der Waals surface area contributed by atoms with E-state index in [2.05, 4.69) is 35.6 Å². The van der Waals surface area contributed by atoms with Gasteiger partial charge in [0.25, 0.3) is 0 Å². The summed E-state index contributed by atoms with van der Waals surface area (Å²) in [6.07, 6.45) is 4.14. The molecule has 0 spiro atoms. The minimum absolute atomic E-state index is 1.22. The van der Waals surface area contributed by atoms with Gasteiger partial charge in [-0.05, 0) is 12.3 Å². The minimum Gasteiger partial charge on any atom is -0.360 e. The van der Waals surface area contributed by atoms with Crippen molar-refractivity contribution in [2.45, 2.75) is 4.90 Å². The van der Waals surface area contributed by atoms with Crippen LogP contribution in [0.2, 0.25) is 0 Å². The van der Waals surface area contributed by atoms with Gasteiger partial charge in [0.2, 0.25) is 0 Å². The molecule has 1 N–H and O–H groups in total. The number of benzene rings is 1. The van der Waals surface area contributed by atoms with E-state index >= 15 is 0 Å². The normalized spacial score (nSPS) is 10.6. The fraction of sp³-hybridized carbons (Fsp3) is 0.111. The van der Waals surface area contributed by atoms with Crippen molar-refractivity contribution in [1.29, 1.82) is 0 Å². The molecule has 1 nitrogen and oxygen atoms in total. The van der Waals surface area contributed by atoms with Gasteiger partial charge in [-0.15, -0.1) is 11.8 Å². The Bertz CT molecular complexity index is 364. The van der Waals surface area contributed by atoms with Crippen LogP contribution in [-0.4, -0.2) is 11.2 Å². The lowest BCUT2D eigenvalue weighted by Gasteiger charge is -1.90. The van der Waals surface area contributed by atoms with Crippen LogP contribution in [0.15, 0.2) is 35.4 Å². The van der Waals surface area contributed by atoms with Crippen molar-refractivity contribution in [1.82, 2.24) is 4.98 Å². The number of nitrogens with one attached hydrogen (secondary N) is 1. The smallest absolute Gasteiger partial charge is 0.0465 e. The van der Waals surface area contributed by atoms with Gasteiger partial charge in [-0.3, -0.25) is 0 Å². The monoisotopic (exact) mass is 163 g/mol. The second-order valence-corrected chi connectivity index (χ2v) is 3.25. The molecular weight excluding hydrogens is 154 g/mol. The number of H-pyrrole nitrogens is 1. The zero-order chi connectivity index (χ0) is 7.68. The topological polar surface area (TPSA) is 15.8 Å². The highest BCUT2D eigenvalue weighted by atomic mass is 32.2. The van der Waals surface area contributed by atoms with Crippen LogP contribution < -0.4 is 0 Å². The molecule has 0 bridgehead atoms. The Labute approximate surface area is 69.8 Å². The van der Waals surface area contributed by atoms with Crippen LogP contribution in [0.25, 0.3) is 10.9 Å². The third kappa shape index (κ3) is 1.03. The number of aromatic amines is 1. The molecule has 2 heteroatoms. The molecule has 0 amide bonds. The van der Waals surface area contributed by atoms with Crippen LogP contribution in [0.3, 0.4) is 0 Å².